The average molecular weight is 398 g/mol. The average Bonchev–Trinajstić information content (AvgIpc) is 2.60. The molecule has 0 atom stereocenters. The van der Waals surface area contributed by atoms with Crippen molar-refractivity contribution in [2.45, 2.75) is 19.8 Å². The molecule has 0 unspecified atom stereocenters. The maximum atomic E-state index is 12.6. The van der Waals surface area contributed by atoms with Gasteiger partial charge in [0.25, 0.3) is 11.8 Å². The summed E-state index contributed by atoms with van der Waals surface area (Å²) in [5.41, 5.74) is 6.15. The van der Waals surface area contributed by atoms with E-state index in [2.05, 4.69) is 20.6 Å². The van der Waals surface area contributed by atoms with Crippen LogP contribution in [0.5, 0.6) is 0 Å². The Kier molecular flexibility index (Phi) is 8.44. The minimum absolute atomic E-state index is 0. The van der Waals surface area contributed by atoms with E-state index in [9.17, 15) is 9.59 Å². The topological polar surface area (TPSA) is 110 Å². The summed E-state index contributed by atoms with van der Waals surface area (Å²) >= 11 is 6.05. The number of amides is 2. The Hall–Kier alpha value is -2.22. The first-order valence-corrected chi connectivity index (χ1v) is 8.23. The van der Waals surface area contributed by atoms with Crippen LogP contribution in [0.1, 0.15) is 46.4 Å². The van der Waals surface area contributed by atoms with Crippen LogP contribution in [0.4, 0.5) is 5.69 Å². The summed E-state index contributed by atoms with van der Waals surface area (Å²) in [6, 6.07) is 6.67. The van der Waals surface area contributed by atoms with E-state index in [0.717, 1.165) is 0 Å². The second-order valence-corrected chi connectivity index (χ2v) is 6.03. The molecule has 9 heteroatoms. The molecule has 1 aromatic carbocycles. The normalized spacial score (nSPS) is 10.2. The van der Waals surface area contributed by atoms with E-state index in [4.69, 9.17) is 17.3 Å². The molecule has 0 bridgehead atoms. The smallest absolute Gasteiger partial charge is 0.275 e. The van der Waals surface area contributed by atoms with Crippen LogP contribution in [0, 0.1) is 0 Å². The van der Waals surface area contributed by atoms with Crippen LogP contribution in [0.25, 0.3) is 0 Å². The van der Waals surface area contributed by atoms with E-state index < -0.39 is 5.91 Å². The molecule has 2 aromatic rings. The van der Waals surface area contributed by atoms with Crippen LogP contribution in [0.2, 0.25) is 5.02 Å². The number of benzene rings is 1. The Balaban J connectivity index is 0.00000338. The molecule has 0 aliphatic rings. The first kappa shape index (κ1) is 21.8. The van der Waals surface area contributed by atoms with E-state index in [1.807, 2.05) is 13.8 Å². The monoisotopic (exact) mass is 397 g/mol. The first-order chi connectivity index (χ1) is 11.9. The van der Waals surface area contributed by atoms with Crippen molar-refractivity contribution in [3.8, 4) is 0 Å². The van der Waals surface area contributed by atoms with Gasteiger partial charge in [-0.05, 0) is 12.1 Å². The second-order valence-electron chi connectivity index (χ2n) is 5.62. The van der Waals surface area contributed by atoms with Crippen molar-refractivity contribution in [3.05, 3.63) is 52.6 Å². The Bertz CT molecular complexity index is 783. The highest BCUT2D eigenvalue weighted by Crippen LogP contribution is 2.20. The lowest BCUT2D eigenvalue weighted by Gasteiger charge is -2.12. The summed E-state index contributed by atoms with van der Waals surface area (Å²) in [6.07, 6.45) is 1.40. The zero-order valence-corrected chi connectivity index (χ0v) is 16.0. The fourth-order valence-corrected chi connectivity index (χ4v) is 2.25. The third kappa shape index (κ3) is 5.39. The molecule has 0 saturated heterocycles. The first-order valence-electron chi connectivity index (χ1n) is 7.85. The number of nitrogens with zero attached hydrogens (tertiary/aromatic N) is 2. The van der Waals surface area contributed by atoms with Crippen LogP contribution in [-0.2, 0) is 0 Å². The van der Waals surface area contributed by atoms with Crippen molar-refractivity contribution in [2.24, 2.45) is 5.73 Å². The number of nitrogens with two attached hydrogens (primary N) is 1. The second kappa shape index (κ2) is 10.1. The van der Waals surface area contributed by atoms with Crippen LogP contribution in [-0.4, -0.2) is 34.9 Å². The molecule has 0 radical (unpaired) electrons. The largest absolute Gasteiger partial charge is 0.351 e. The number of para-hydroxylation sites is 1. The number of rotatable bonds is 6. The fraction of sp³-hybridized carbons (Fsp3) is 0.294. The number of hydrogen-bond donors (Lipinski definition) is 3. The van der Waals surface area contributed by atoms with Gasteiger partial charge in [0.1, 0.15) is 5.82 Å². The molecule has 0 aliphatic heterocycles. The lowest BCUT2D eigenvalue weighted by Crippen LogP contribution is -2.30. The maximum absolute atomic E-state index is 12.6. The molecule has 0 spiro atoms. The van der Waals surface area contributed by atoms with Gasteiger partial charge in [-0.1, -0.05) is 37.6 Å². The van der Waals surface area contributed by atoms with Gasteiger partial charge in [0.05, 0.1) is 22.5 Å². The van der Waals surface area contributed by atoms with Gasteiger partial charge in [-0.15, -0.1) is 12.4 Å². The summed E-state index contributed by atoms with van der Waals surface area (Å²) in [5.74, 6) is -0.256. The van der Waals surface area contributed by atoms with Gasteiger partial charge in [-0.3, -0.25) is 9.59 Å². The van der Waals surface area contributed by atoms with E-state index in [0.29, 0.717) is 30.2 Å². The minimum Gasteiger partial charge on any atom is -0.351 e. The molecule has 0 aliphatic carbocycles. The van der Waals surface area contributed by atoms with Gasteiger partial charge in [-0.2, -0.15) is 0 Å². The van der Waals surface area contributed by atoms with E-state index in [1.165, 1.54) is 6.20 Å². The lowest BCUT2D eigenvalue weighted by molar-refractivity contribution is 0.0955. The predicted octanol–water partition coefficient (Wildman–Crippen LogP) is 2.62. The Labute approximate surface area is 163 Å². The van der Waals surface area contributed by atoms with E-state index in [-0.39, 0.29) is 34.9 Å². The van der Waals surface area contributed by atoms with Gasteiger partial charge in [0.15, 0.2) is 5.69 Å². The van der Waals surface area contributed by atoms with Crippen molar-refractivity contribution in [2.75, 3.05) is 18.4 Å². The van der Waals surface area contributed by atoms with Gasteiger partial charge in [0.2, 0.25) is 0 Å². The number of hydrogen-bond acceptors (Lipinski definition) is 5. The molecule has 0 saturated carbocycles. The molecule has 1 aromatic heterocycles. The number of anilines is 1. The lowest BCUT2D eigenvalue weighted by atomic mass is 10.1. The summed E-state index contributed by atoms with van der Waals surface area (Å²) < 4.78 is 0. The molecule has 26 heavy (non-hydrogen) atoms. The van der Waals surface area contributed by atoms with Gasteiger partial charge < -0.3 is 16.4 Å². The molecule has 0 fully saturated rings. The molecular formula is C17H21Cl2N5O2. The summed E-state index contributed by atoms with van der Waals surface area (Å²) in [5, 5.41) is 5.50. The van der Waals surface area contributed by atoms with Crippen molar-refractivity contribution < 1.29 is 9.59 Å². The number of aromatic nitrogens is 2. The molecule has 140 valence electrons. The SMILES string of the molecule is CC(C)c1ncc(Cl)c(C(=O)Nc2ccccc2C(=O)NCCN)n1.Cl. The van der Waals surface area contributed by atoms with Crippen molar-refractivity contribution in [1.29, 1.82) is 0 Å². The molecule has 2 amide bonds. The highest BCUT2D eigenvalue weighted by Gasteiger charge is 2.18. The summed E-state index contributed by atoms with van der Waals surface area (Å²) in [7, 11) is 0. The quantitative estimate of drug-likeness (QED) is 0.693. The zero-order valence-electron chi connectivity index (χ0n) is 14.5. The standard InChI is InChI=1S/C17H20ClN5O2.ClH/c1-10(2)15-21-9-12(18)14(23-15)17(25)22-13-6-4-3-5-11(13)16(24)20-8-7-19;/h3-6,9-10H,7-8,19H2,1-2H3,(H,20,24)(H,22,25);1H. The number of halogens is 2. The van der Waals surface area contributed by atoms with Crippen LogP contribution >= 0.6 is 24.0 Å². The Morgan fingerprint density at radius 1 is 1.23 bits per heavy atom. The van der Waals surface area contributed by atoms with Crippen LogP contribution in [0.3, 0.4) is 0 Å². The minimum atomic E-state index is -0.506. The Morgan fingerprint density at radius 3 is 2.58 bits per heavy atom. The third-order valence-corrected chi connectivity index (χ3v) is 3.62. The van der Waals surface area contributed by atoms with Gasteiger partial charge >= 0.3 is 0 Å². The highest BCUT2D eigenvalue weighted by atomic mass is 35.5. The fourth-order valence-electron chi connectivity index (χ4n) is 2.07. The van der Waals surface area contributed by atoms with E-state index in [1.54, 1.807) is 24.3 Å². The summed E-state index contributed by atoms with van der Waals surface area (Å²) in [6.45, 7) is 4.51. The molecule has 1 heterocycles. The van der Waals surface area contributed by atoms with Crippen LogP contribution in [0.15, 0.2) is 30.5 Å². The predicted molar refractivity (Wildman–Crippen MR) is 104 cm³/mol. The highest BCUT2D eigenvalue weighted by molar-refractivity contribution is 6.34. The number of carbonyl (C=O) groups is 2. The van der Waals surface area contributed by atoms with Gasteiger partial charge in [0, 0.05) is 19.0 Å². The van der Waals surface area contributed by atoms with E-state index >= 15 is 0 Å². The molecule has 4 N–H and O–H groups in total. The third-order valence-electron chi connectivity index (χ3n) is 3.34. The summed E-state index contributed by atoms with van der Waals surface area (Å²) in [4.78, 5) is 33.1. The maximum Gasteiger partial charge on any atom is 0.275 e. The van der Waals surface area contributed by atoms with Crippen molar-refractivity contribution in [1.82, 2.24) is 15.3 Å². The van der Waals surface area contributed by atoms with Crippen LogP contribution < -0.4 is 16.4 Å². The zero-order chi connectivity index (χ0) is 18.4. The van der Waals surface area contributed by atoms with Crippen molar-refractivity contribution in [3.63, 3.8) is 0 Å². The van der Waals surface area contributed by atoms with Gasteiger partial charge in [-0.25, -0.2) is 9.97 Å². The number of carbonyl (C=O) groups excluding carboxylic acids is 2. The Morgan fingerprint density at radius 2 is 1.92 bits per heavy atom. The molecule has 7 nitrogen and oxygen atoms in total. The molecule has 2 rings (SSSR count). The molecular weight excluding hydrogens is 377 g/mol. The van der Waals surface area contributed by atoms with Crippen molar-refractivity contribution >= 4 is 41.5 Å². The number of nitrogens with one attached hydrogen (secondary N) is 2.